The second kappa shape index (κ2) is 7.00. The Bertz CT molecular complexity index is 863. The van der Waals surface area contributed by atoms with Gasteiger partial charge in [-0.15, -0.1) is 0 Å². The molecule has 2 aromatic rings. The van der Waals surface area contributed by atoms with Gasteiger partial charge < -0.3 is 9.47 Å². The van der Waals surface area contributed by atoms with Gasteiger partial charge in [0.15, 0.2) is 11.5 Å². The number of rotatable bonds is 5. The van der Waals surface area contributed by atoms with Crippen LogP contribution in [0.25, 0.3) is 0 Å². The van der Waals surface area contributed by atoms with Crippen LogP contribution in [0.15, 0.2) is 41.5 Å². The summed E-state index contributed by atoms with van der Waals surface area (Å²) in [6.45, 7) is 1.98. The zero-order valence-corrected chi connectivity index (χ0v) is 13.4. The van der Waals surface area contributed by atoms with Crippen LogP contribution in [0.1, 0.15) is 28.4 Å². The number of hydrogen-bond donors (Lipinski definition) is 1. The number of ether oxygens (including phenoxy) is 2. The van der Waals surface area contributed by atoms with Gasteiger partial charge in [-0.2, -0.15) is 5.10 Å². The van der Waals surface area contributed by atoms with Crippen molar-refractivity contribution in [2.24, 2.45) is 5.10 Å². The zero-order valence-electron chi connectivity index (χ0n) is 13.4. The van der Waals surface area contributed by atoms with Crippen molar-refractivity contribution in [3.05, 3.63) is 63.2 Å². The van der Waals surface area contributed by atoms with Gasteiger partial charge in [0, 0.05) is 22.8 Å². The van der Waals surface area contributed by atoms with Gasteiger partial charge in [-0.1, -0.05) is 19.1 Å². The number of aryl methyl sites for hydroxylation is 1. The fourth-order valence-corrected chi connectivity index (χ4v) is 2.40. The molecular formula is C17H15N3O5. The molecule has 0 saturated heterocycles. The zero-order chi connectivity index (χ0) is 17.8. The molecule has 128 valence electrons. The molecule has 0 spiro atoms. The first-order valence-electron chi connectivity index (χ1n) is 7.59. The fourth-order valence-electron chi connectivity index (χ4n) is 2.40. The number of nitro benzene ring substituents is 1. The summed E-state index contributed by atoms with van der Waals surface area (Å²) in [5.74, 6) is 0.667. The number of amides is 1. The molecule has 8 heteroatoms. The van der Waals surface area contributed by atoms with Crippen LogP contribution in [-0.4, -0.2) is 23.8 Å². The van der Waals surface area contributed by atoms with Gasteiger partial charge in [0.25, 0.3) is 11.6 Å². The van der Waals surface area contributed by atoms with Crippen LogP contribution < -0.4 is 14.9 Å². The molecule has 1 heterocycles. The van der Waals surface area contributed by atoms with Crippen molar-refractivity contribution in [3.8, 4) is 11.5 Å². The topological polar surface area (TPSA) is 103 Å². The molecule has 8 nitrogen and oxygen atoms in total. The molecule has 1 amide bonds. The van der Waals surface area contributed by atoms with Gasteiger partial charge in [-0.3, -0.25) is 14.9 Å². The van der Waals surface area contributed by atoms with Crippen molar-refractivity contribution >= 4 is 17.8 Å². The lowest BCUT2D eigenvalue weighted by molar-refractivity contribution is -0.385. The number of carbonyl (C=O) groups excluding carboxylic acids is 1. The van der Waals surface area contributed by atoms with Crippen molar-refractivity contribution in [3.63, 3.8) is 0 Å². The SMILES string of the molecule is CCc1ccc(/C=N\NC(=O)c2ccc3c(c2)OCO3)cc1[N+](=O)[O-]. The highest BCUT2D eigenvalue weighted by molar-refractivity contribution is 5.95. The third kappa shape index (κ3) is 3.57. The van der Waals surface area contributed by atoms with Crippen LogP contribution >= 0.6 is 0 Å². The molecule has 0 atom stereocenters. The lowest BCUT2D eigenvalue weighted by Gasteiger charge is -2.02. The van der Waals surface area contributed by atoms with Crippen molar-refractivity contribution in [1.82, 2.24) is 5.43 Å². The Balaban J connectivity index is 1.69. The van der Waals surface area contributed by atoms with E-state index in [1.54, 1.807) is 30.3 Å². The van der Waals surface area contributed by atoms with E-state index >= 15 is 0 Å². The third-order valence-corrected chi connectivity index (χ3v) is 3.70. The number of carbonyl (C=O) groups is 1. The van der Waals surface area contributed by atoms with Gasteiger partial charge in [-0.05, 0) is 24.6 Å². The predicted octanol–water partition coefficient (Wildman–Crippen LogP) is 2.65. The van der Waals surface area contributed by atoms with E-state index in [0.29, 0.717) is 34.6 Å². The molecule has 2 aromatic carbocycles. The first kappa shape index (κ1) is 16.4. The molecule has 0 fully saturated rings. The smallest absolute Gasteiger partial charge is 0.273 e. The lowest BCUT2D eigenvalue weighted by Crippen LogP contribution is -2.17. The highest BCUT2D eigenvalue weighted by atomic mass is 16.7. The van der Waals surface area contributed by atoms with Crippen molar-refractivity contribution in [2.45, 2.75) is 13.3 Å². The maximum absolute atomic E-state index is 12.1. The lowest BCUT2D eigenvalue weighted by atomic mass is 10.1. The van der Waals surface area contributed by atoms with Crippen molar-refractivity contribution < 1.29 is 19.2 Å². The molecule has 0 bridgehead atoms. The van der Waals surface area contributed by atoms with E-state index in [1.165, 1.54) is 12.3 Å². The van der Waals surface area contributed by atoms with Gasteiger partial charge in [0.2, 0.25) is 6.79 Å². The number of hydrogen-bond acceptors (Lipinski definition) is 6. The largest absolute Gasteiger partial charge is 0.454 e. The Morgan fingerprint density at radius 1 is 1.28 bits per heavy atom. The first-order valence-corrected chi connectivity index (χ1v) is 7.59. The minimum Gasteiger partial charge on any atom is -0.454 e. The molecule has 0 saturated carbocycles. The molecule has 0 unspecified atom stereocenters. The second-order valence-electron chi connectivity index (χ2n) is 5.27. The highest BCUT2D eigenvalue weighted by Gasteiger charge is 2.16. The summed E-state index contributed by atoms with van der Waals surface area (Å²) < 4.78 is 10.4. The van der Waals surface area contributed by atoms with Crippen LogP contribution in [-0.2, 0) is 6.42 Å². The van der Waals surface area contributed by atoms with Crippen LogP contribution in [0.4, 0.5) is 5.69 Å². The summed E-state index contributed by atoms with van der Waals surface area (Å²) >= 11 is 0. The third-order valence-electron chi connectivity index (χ3n) is 3.70. The van der Waals surface area contributed by atoms with Gasteiger partial charge >= 0.3 is 0 Å². The van der Waals surface area contributed by atoms with Crippen molar-refractivity contribution in [2.75, 3.05) is 6.79 Å². The Morgan fingerprint density at radius 3 is 2.84 bits per heavy atom. The fraction of sp³-hybridized carbons (Fsp3) is 0.176. The Hall–Kier alpha value is -3.42. The highest BCUT2D eigenvalue weighted by Crippen LogP contribution is 2.32. The van der Waals surface area contributed by atoms with Crippen LogP contribution in [0, 0.1) is 10.1 Å². The van der Waals surface area contributed by atoms with E-state index in [2.05, 4.69) is 10.5 Å². The number of nitro groups is 1. The van der Waals surface area contributed by atoms with Crippen LogP contribution in [0.3, 0.4) is 0 Å². The Morgan fingerprint density at radius 2 is 2.08 bits per heavy atom. The van der Waals surface area contributed by atoms with E-state index in [0.717, 1.165) is 0 Å². The van der Waals surface area contributed by atoms with Crippen molar-refractivity contribution in [1.29, 1.82) is 0 Å². The Labute approximate surface area is 143 Å². The summed E-state index contributed by atoms with van der Waals surface area (Å²) in [6, 6.07) is 9.62. The summed E-state index contributed by atoms with van der Waals surface area (Å²) in [4.78, 5) is 22.7. The predicted molar refractivity (Wildman–Crippen MR) is 90.1 cm³/mol. The average molecular weight is 341 g/mol. The van der Waals surface area contributed by atoms with E-state index in [9.17, 15) is 14.9 Å². The molecule has 1 N–H and O–H groups in total. The molecule has 3 rings (SSSR count). The molecular weight excluding hydrogens is 326 g/mol. The maximum Gasteiger partial charge on any atom is 0.273 e. The molecule has 25 heavy (non-hydrogen) atoms. The van der Waals surface area contributed by atoms with E-state index < -0.39 is 10.8 Å². The number of hydrazone groups is 1. The number of nitrogens with zero attached hydrogens (tertiary/aromatic N) is 2. The normalized spacial score (nSPS) is 12.4. The van der Waals surface area contributed by atoms with Crippen LogP contribution in [0.5, 0.6) is 11.5 Å². The maximum atomic E-state index is 12.1. The van der Waals surface area contributed by atoms with Crippen LogP contribution in [0.2, 0.25) is 0 Å². The summed E-state index contributed by atoms with van der Waals surface area (Å²) in [5, 5.41) is 14.9. The van der Waals surface area contributed by atoms with Gasteiger partial charge in [-0.25, -0.2) is 5.43 Å². The molecule has 0 radical (unpaired) electrons. The monoisotopic (exact) mass is 341 g/mol. The molecule has 1 aliphatic heterocycles. The van der Waals surface area contributed by atoms with E-state index in [1.807, 2.05) is 6.92 Å². The number of benzene rings is 2. The minimum atomic E-state index is -0.429. The van der Waals surface area contributed by atoms with E-state index in [-0.39, 0.29) is 12.5 Å². The van der Waals surface area contributed by atoms with Gasteiger partial charge in [0.1, 0.15) is 0 Å². The summed E-state index contributed by atoms with van der Waals surface area (Å²) in [6.07, 6.45) is 1.92. The molecule has 1 aliphatic rings. The van der Waals surface area contributed by atoms with Gasteiger partial charge in [0.05, 0.1) is 11.1 Å². The molecule has 0 aromatic heterocycles. The second-order valence-corrected chi connectivity index (χ2v) is 5.27. The number of fused-ring (bicyclic) bond motifs is 1. The number of nitrogens with one attached hydrogen (secondary N) is 1. The first-order chi connectivity index (χ1) is 12.1. The minimum absolute atomic E-state index is 0.0357. The molecule has 0 aliphatic carbocycles. The summed E-state index contributed by atoms with van der Waals surface area (Å²) in [7, 11) is 0. The standard InChI is InChI=1S/C17H15N3O5/c1-2-12-4-3-11(7-14(12)20(22)23)9-18-19-17(21)13-5-6-15-16(8-13)25-10-24-15/h3-9H,2,10H2,1H3,(H,19,21)/b18-9-. The average Bonchev–Trinajstić information content (AvgIpc) is 3.09. The quantitative estimate of drug-likeness (QED) is 0.511. The summed E-state index contributed by atoms with van der Waals surface area (Å²) in [5.41, 5.74) is 3.95. The Kier molecular flexibility index (Phi) is 4.60. The van der Waals surface area contributed by atoms with E-state index in [4.69, 9.17) is 9.47 Å².